The van der Waals surface area contributed by atoms with Crippen LogP contribution in [0.25, 0.3) is 0 Å². The fraction of sp³-hybridized carbons (Fsp3) is 0.435. The molecule has 1 aliphatic heterocycles. The smallest absolute Gasteiger partial charge is 0.258 e. The largest absolute Gasteiger partial charge is 0.487 e. The molecule has 8 heteroatoms. The number of hydrogen-bond donors (Lipinski definition) is 1. The Labute approximate surface area is 184 Å². The standard InChI is InChI=1S/C23H30N2O5S/c1-16-6-11-21-19(12-16)20(13-23(2,3)30-21)24-22(26)15-29-18-9-7-17(8-10-18)14-25(4)31(5,27)28/h6-12,20H,13-15H2,1-5H3,(H,24,26)/t20-/m1/s1. The summed E-state index contributed by atoms with van der Waals surface area (Å²) in [6.45, 7) is 6.20. The number of rotatable bonds is 7. The fourth-order valence-electron chi connectivity index (χ4n) is 3.55. The second kappa shape index (κ2) is 8.88. The number of nitrogens with zero attached hydrogens (tertiary/aromatic N) is 1. The second-order valence-corrected chi connectivity index (χ2v) is 10.8. The highest BCUT2D eigenvalue weighted by Crippen LogP contribution is 2.39. The average molecular weight is 447 g/mol. The van der Waals surface area contributed by atoms with Crippen LogP contribution in [0.1, 0.15) is 43.0 Å². The van der Waals surface area contributed by atoms with Gasteiger partial charge in [-0.3, -0.25) is 4.79 Å². The summed E-state index contributed by atoms with van der Waals surface area (Å²) in [5, 5.41) is 3.06. The summed E-state index contributed by atoms with van der Waals surface area (Å²) < 4.78 is 36.0. The van der Waals surface area contributed by atoms with Crippen LogP contribution in [0.4, 0.5) is 0 Å². The topological polar surface area (TPSA) is 84.9 Å². The van der Waals surface area contributed by atoms with Crippen molar-refractivity contribution in [1.29, 1.82) is 0 Å². The molecule has 31 heavy (non-hydrogen) atoms. The van der Waals surface area contributed by atoms with E-state index in [1.165, 1.54) is 17.6 Å². The number of nitrogens with one attached hydrogen (secondary N) is 1. The molecule has 1 atom stereocenters. The van der Waals surface area contributed by atoms with Gasteiger partial charge in [0.05, 0.1) is 12.3 Å². The molecule has 1 aliphatic rings. The summed E-state index contributed by atoms with van der Waals surface area (Å²) in [4.78, 5) is 12.6. The van der Waals surface area contributed by atoms with E-state index >= 15 is 0 Å². The molecule has 2 aromatic carbocycles. The first-order valence-electron chi connectivity index (χ1n) is 10.1. The Morgan fingerprint density at radius 3 is 2.55 bits per heavy atom. The van der Waals surface area contributed by atoms with Gasteiger partial charge in [0, 0.05) is 25.6 Å². The Bertz CT molecular complexity index is 1050. The van der Waals surface area contributed by atoms with Crippen molar-refractivity contribution < 1.29 is 22.7 Å². The van der Waals surface area contributed by atoms with Gasteiger partial charge in [-0.2, -0.15) is 0 Å². The number of aryl methyl sites for hydroxylation is 1. The maximum atomic E-state index is 12.6. The van der Waals surface area contributed by atoms with Gasteiger partial charge in [-0.15, -0.1) is 0 Å². The molecule has 1 N–H and O–H groups in total. The van der Waals surface area contributed by atoms with E-state index in [1.807, 2.05) is 39.0 Å². The van der Waals surface area contributed by atoms with Gasteiger partial charge in [0.2, 0.25) is 10.0 Å². The van der Waals surface area contributed by atoms with Crippen LogP contribution in [0.5, 0.6) is 11.5 Å². The first kappa shape index (κ1) is 23.1. The van der Waals surface area contributed by atoms with Gasteiger partial charge in [0.15, 0.2) is 6.61 Å². The lowest BCUT2D eigenvalue weighted by Gasteiger charge is -2.38. The fourth-order valence-corrected chi connectivity index (χ4v) is 3.94. The van der Waals surface area contributed by atoms with Crippen molar-refractivity contribution in [2.75, 3.05) is 19.9 Å². The Morgan fingerprint density at radius 1 is 1.23 bits per heavy atom. The molecule has 7 nitrogen and oxygen atoms in total. The summed E-state index contributed by atoms with van der Waals surface area (Å²) in [6.07, 6.45) is 1.83. The third-order valence-electron chi connectivity index (χ3n) is 5.22. The molecule has 0 radical (unpaired) electrons. The minimum atomic E-state index is -3.24. The van der Waals surface area contributed by atoms with Crippen molar-refractivity contribution in [3.8, 4) is 11.5 Å². The molecule has 0 fully saturated rings. The van der Waals surface area contributed by atoms with E-state index in [-0.39, 0.29) is 30.7 Å². The van der Waals surface area contributed by atoms with Crippen molar-refractivity contribution in [3.63, 3.8) is 0 Å². The van der Waals surface area contributed by atoms with Gasteiger partial charge < -0.3 is 14.8 Å². The zero-order valence-electron chi connectivity index (χ0n) is 18.6. The Kier molecular flexibility index (Phi) is 6.62. The summed E-state index contributed by atoms with van der Waals surface area (Å²) >= 11 is 0. The van der Waals surface area contributed by atoms with Crippen molar-refractivity contribution in [2.45, 2.75) is 45.4 Å². The molecule has 1 heterocycles. The lowest BCUT2D eigenvalue weighted by atomic mass is 9.89. The van der Waals surface area contributed by atoms with Crippen molar-refractivity contribution in [1.82, 2.24) is 9.62 Å². The maximum absolute atomic E-state index is 12.6. The van der Waals surface area contributed by atoms with E-state index < -0.39 is 10.0 Å². The molecular weight excluding hydrogens is 416 g/mol. The van der Waals surface area contributed by atoms with Crippen LogP contribution < -0.4 is 14.8 Å². The van der Waals surface area contributed by atoms with Crippen LogP contribution in [0, 0.1) is 6.92 Å². The molecule has 3 rings (SSSR count). The highest BCUT2D eigenvalue weighted by atomic mass is 32.2. The van der Waals surface area contributed by atoms with Crippen molar-refractivity contribution >= 4 is 15.9 Å². The van der Waals surface area contributed by atoms with E-state index in [2.05, 4.69) is 5.32 Å². The normalized spacial score (nSPS) is 17.5. The molecule has 0 unspecified atom stereocenters. The zero-order chi connectivity index (χ0) is 22.8. The summed E-state index contributed by atoms with van der Waals surface area (Å²) in [5.41, 5.74) is 2.54. The average Bonchev–Trinajstić information content (AvgIpc) is 2.66. The highest BCUT2D eigenvalue weighted by Gasteiger charge is 2.34. The van der Waals surface area contributed by atoms with Gasteiger partial charge in [0.1, 0.15) is 17.1 Å². The number of fused-ring (bicyclic) bond motifs is 1. The predicted molar refractivity (Wildman–Crippen MR) is 120 cm³/mol. The molecule has 0 saturated heterocycles. The minimum absolute atomic E-state index is 0.110. The number of benzene rings is 2. The third-order valence-corrected chi connectivity index (χ3v) is 6.48. The number of amides is 1. The first-order valence-corrected chi connectivity index (χ1v) is 12.0. The quantitative estimate of drug-likeness (QED) is 0.706. The summed E-state index contributed by atoms with van der Waals surface area (Å²) in [5.74, 6) is 1.13. The molecule has 0 aliphatic carbocycles. The van der Waals surface area contributed by atoms with Gasteiger partial charge in [-0.1, -0.05) is 29.8 Å². The van der Waals surface area contributed by atoms with Gasteiger partial charge >= 0.3 is 0 Å². The number of carbonyl (C=O) groups excluding carboxylic acids is 1. The Morgan fingerprint density at radius 2 is 1.90 bits per heavy atom. The number of sulfonamides is 1. The number of hydrogen-bond acceptors (Lipinski definition) is 5. The molecule has 0 bridgehead atoms. The van der Waals surface area contributed by atoms with Crippen LogP contribution in [0.3, 0.4) is 0 Å². The summed E-state index contributed by atoms with van der Waals surface area (Å²) in [7, 11) is -1.71. The molecule has 0 spiro atoms. The first-order chi connectivity index (χ1) is 14.4. The monoisotopic (exact) mass is 446 g/mol. The Hall–Kier alpha value is -2.58. The minimum Gasteiger partial charge on any atom is -0.487 e. The summed E-state index contributed by atoms with van der Waals surface area (Å²) in [6, 6.07) is 12.9. The van der Waals surface area contributed by atoms with E-state index in [0.29, 0.717) is 12.2 Å². The van der Waals surface area contributed by atoms with Crippen LogP contribution in [-0.4, -0.2) is 44.1 Å². The molecule has 0 saturated carbocycles. The number of ether oxygens (including phenoxy) is 2. The molecule has 1 amide bonds. The number of carbonyl (C=O) groups is 1. The van der Waals surface area contributed by atoms with Crippen LogP contribution in [0.2, 0.25) is 0 Å². The van der Waals surface area contributed by atoms with Crippen molar-refractivity contribution in [2.24, 2.45) is 0 Å². The van der Waals surface area contributed by atoms with Gasteiger partial charge in [0.25, 0.3) is 5.91 Å². The lowest BCUT2D eigenvalue weighted by Crippen LogP contribution is -2.42. The molecule has 2 aromatic rings. The predicted octanol–water partition coefficient (Wildman–Crippen LogP) is 3.18. The lowest BCUT2D eigenvalue weighted by molar-refractivity contribution is -0.124. The molecular formula is C23H30N2O5S. The van der Waals surface area contributed by atoms with E-state index in [9.17, 15) is 13.2 Å². The van der Waals surface area contributed by atoms with E-state index in [1.54, 1.807) is 24.3 Å². The van der Waals surface area contributed by atoms with Crippen LogP contribution in [0.15, 0.2) is 42.5 Å². The van der Waals surface area contributed by atoms with Crippen molar-refractivity contribution in [3.05, 3.63) is 59.2 Å². The van der Waals surface area contributed by atoms with Gasteiger partial charge in [-0.05, 0) is 44.5 Å². The zero-order valence-corrected chi connectivity index (χ0v) is 19.5. The molecule has 0 aromatic heterocycles. The highest BCUT2D eigenvalue weighted by molar-refractivity contribution is 7.88. The van der Waals surface area contributed by atoms with Crippen LogP contribution >= 0.6 is 0 Å². The SMILES string of the molecule is Cc1ccc2c(c1)[C@H](NC(=O)COc1ccc(CN(C)S(C)(=O)=O)cc1)CC(C)(C)O2. The molecule has 168 valence electrons. The second-order valence-electron chi connectivity index (χ2n) is 8.68. The maximum Gasteiger partial charge on any atom is 0.258 e. The Balaban J connectivity index is 1.59. The van der Waals surface area contributed by atoms with E-state index in [4.69, 9.17) is 9.47 Å². The van der Waals surface area contributed by atoms with E-state index in [0.717, 1.165) is 22.4 Å². The van der Waals surface area contributed by atoms with Gasteiger partial charge in [-0.25, -0.2) is 12.7 Å². The third kappa shape index (κ3) is 6.21. The van der Waals surface area contributed by atoms with Crippen LogP contribution in [-0.2, 0) is 21.4 Å².